The molecule has 1 unspecified atom stereocenters. The zero-order valence-electron chi connectivity index (χ0n) is 9.62. The SMILES string of the molecule is Cc1cc(C(NC(C)C)C(=O)O)ccc1Br. The molecule has 0 aliphatic heterocycles. The predicted molar refractivity (Wildman–Crippen MR) is 67.5 cm³/mol. The maximum Gasteiger partial charge on any atom is 0.325 e. The van der Waals surface area contributed by atoms with Crippen LogP contribution in [0.1, 0.15) is 31.0 Å². The van der Waals surface area contributed by atoms with E-state index in [1.54, 1.807) is 0 Å². The van der Waals surface area contributed by atoms with Crippen LogP contribution in [0.3, 0.4) is 0 Å². The second-order valence-electron chi connectivity index (χ2n) is 4.10. The number of aryl methyl sites for hydroxylation is 1. The Bertz CT molecular complexity index is 391. The molecule has 4 heteroatoms. The zero-order chi connectivity index (χ0) is 12.3. The van der Waals surface area contributed by atoms with Gasteiger partial charge in [0.15, 0.2) is 0 Å². The van der Waals surface area contributed by atoms with Crippen molar-refractivity contribution in [3.8, 4) is 0 Å². The van der Waals surface area contributed by atoms with E-state index in [1.807, 2.05) is 39.0 Å². The minimum Gasteiger partial charge on any atom is -0.480 e. The van der Waals surface area contributed by atoms with E-state index in [0.29, 0.717) is 0 Å². The smallest absolute Gasteiger partial charge is 0.325 e. The summed E-state index contributed by atoms with van der Waals surface area (Å²) in [5.74, 6) is -0.851. The van der Waals surface area contributed by atoms with E-state index in [4.69, 9.17) is 5.11 Å². The van der Waals surface area contributed by atoms with Crippen LogP contribution in [-0.4, -0.2) is 17.1 Å². The summed E-state index contributed by atoms with van der Waals surface area (Å²) < 4.78 is 0.991. The summed E-state index contributed by atoms with van der Waals surface area (Å²) in [6.07, 6.45) is 0. The van der Waals surface area contributed by atoms with Crippen molar-refractivity contribution in [3.05, 3.63) is 33.8 Å². The average Bonchev–Trinajstić information content (AvgIpc) is 2.18. The maximum absolute atomic E-state index is 11.2. The van der Waals surface area contributed by atoms with Crippen LogP contribution in [0.4, 0.5) is 0 Å². The molecule has 0 fully saturated rings. The van der Waals surface area contributed by atoms with E-state index in [9.17, 15) is 4.79 Å². The Hall–Kier alpha value is -0.870. The summed E-state index contributed by atoms with van der Waals surface area (Å²) in [5, 5.41) is 12.2. The molecule has 0 spiro atoms. The first-order chi connectivity index (χ1) is 7.41. The largest absolute Gasteiger partial charge is 0.480 e. The van der Waals surface area contributed by atoms with E-state index >= 15 is 0 Å². The molecule has 88 valence electrons. The van der Waals surface area contributed by atoms with Gasteiger partial charge in [0, 0.05) is 10.5 Å². The Labute approximate surface area is 104 Å². The van der Waals surface area contributed by atoms with E-state index in [1.165, 1.54) is 0 Å². The maximum atomic E-state index is 11.2. The van der Waals surface area contributed by atoms with Gasteiger partial charge in [-0.1, -0.05) is 28.1 Å². The van der Waals surface area contributed by atoms with Gasteiger partial charge in [-0.2, -0.15) is 0 Å². The third-order valence-electron chi connectivity index (χ3n) is 2.26. The van der Waals surface area contributed by atoms with Crippen LogP contribution in [0.2, 0.25) is 0 Å². The molecule has 0 amide bonds. The summed E-state index contributed by atoms with van der Waals surface area (Å²) in [6, 6.07) is 5.07. The molecule has 2 N–H and O–H groups in total. The topological polar surface area (TPSA) is 49.3 Å². The number of hydrogen-bond donors (Lipinski definition) is 2. The lowest BCUT2D eigenvalue weighted by molar-refractivity contribution is -0.139. The highest BCUT2D eigenvalue weighted by molar-refractivity contribution is 9.10. The van der Waals surface area contributed by atoms with Gasteiger partial charge in [-0.3, -0.25) is 10.1 Å². The fourth-order valence-corrected chi connectivity index (χ4v) is 1.74. The molecule has 3 nitrogen and oxygen atoms in total. The molecule has 0 radical (unpaired) electrons. The lowest BCUT2D eigenvalue weighted by Gasteiger charge is -2.18. The Balaban J connectivity index is 3.01. The number of hydrogen-bond acceptors (Lipinski definition) is 2. The summed E-state index contributed by atoms with van der Waals surface area (Å²) in [4.78, 5) is 11.2. The lowest BCUT2D eigenvalue weighted by Crippen LogP contribution is -2.33. The van der Waals surface area contributed by atoms with Gasteiger partial charge in [0.1, 0.15) is 6.04 Å². The normalized spacial score (nSPS) is 12.8. The van der Waals surface area contributed by atoms with Crippen molar-refractivity contribution in [3.63, 3.8) is 0 Å². The monoisotopic (exact) mass is 285 g/mol. The van der Waals surface area contributed by atoms with Crippen LogP contribution < -0.4 is 5.32 Å². The van der Waals surface area contributed by atoms with Crippen LogP contribution in [0.5, 0.6) is 0 Å². The number of halogens is 1. The van der Waals surface area contributed by atoms with Crippen molar-refractivity contribution in [2.24, 2.45) is 0 Å². The van der Waals surface area contributed by atoms with Gasteiger partial charge in [-0.05, 0) is 38.0 Å². The highest BCUT2D eigenvalue weighted by Gasteiger charge is 2.20. The van der Waals surface area contributed by atoms with Crippen molar-refractivity contribution in [2.75, 3.05) is 0 Å². The zero-order valence-corrected chi connectivity index (χ0v) is 11.2. The minimum absolute atomic E-state index is 0.130. The number of carboxylic acids is 1. The number of carbonyl (C=O) groups is 1. The average molecular weight is 286 g/mol. The van der Waals surface area contributed by atoms with E-state index in [-0.39, 0.29) is 6.04 Å². The molecule has 16 heavy (non-hydrogen) atoms. The van der Waals surface area contributed by atoms with Gasteiger partial charge in [0.2, 0.25) is 0 Å². The van der Waals surface area contributed by atoms with Crippen molar-refractivity contribution >= 4 is 21.9 Å². The molecule has 0 heterocycles. The first-order valence-corrected chi connectivity index (χ1v) is 5.96. The number of rotatable bonds is 4. The van der Waals surface area contributed by atoms with Crippen molar-refractivity contribution < 1.29 is 9.90 Å². The second kappa shape index (κ2) is 5.46. The molecular weight excluding hydrogens is 270 g/mol. The highest BCUT2D eigenvalue weighted by Crippen LogP contribution is 2.21. The first kappa shape index (κ1) is 13.2. The quantitative estimate of drug-likeness (QED) is 0.894. The number of carboxylic acid groups (broad SMARTS) is 1. The molecular formula is C12H16BrNO2. The van der Waals surface area contributed by atoms with Crippen molar-refractivity contribution in [2.45, 2.75) is 32.9 Å². The van der Waals surface area contributed by atoms with Gasteiger partial charge in [-0.15, -0.1) is 0 Å². The fraction of sp³-hybridized carbons (Fsp3) is 0.417. The van der Waals surface area contributed by atoms with E-state index in [2.05, 4.69) is 21.2 Å². The number of nitrogens with one attached hydrogen (secondary N) is 1. The van der Waals surface area contributed by atoms with Crippen LogP contribution in [0.15, 0.2) is 22.7 Å². The van der Waals surface area contributed by atoms with Crippen molar-refractivity contribution in [1.29, 1.82) is 0 Å². The summed E-state index contributed by atoms with van der Waals surface area (Å²) in [6.45, 7) is 5.81. The summed E-state index contributed by atoms with van der Waals surface area (Å²) in [5.41, 5.74) is 1.82. The Morgan fingerprint density at radius 3 is 2.50 bits per heavy atom. The van der Waals surface area contributed by atoms with Crippen LogP contribution in [-0.2, 0) is 4.79 Å². The van der Waals surface area contributed by atoms with Crippen molar-refractivity contribution in [1.82, 2.24) is 5.32 Å². The van der Waals surface area contributed by atoms with Gasteiger partial charge in [-0.25, -0.2) is 0 Å². The van der Waals surface area contributed by atoms with Gasteiger partial charge in [0.05, 0.1) is 0 Å². The lowest BCUT2D eigenvalue weighted by atomic mass is 10.0. The van der Waals surface area contributed by atoms with E-state index < -0.39 is 12.0 Å². The third kappa shape index (κ3) is 3.32. The third-order valence-corrected chi connectivity index (χ3v) is 3.15. The van der Waals surface area contributed by atoms with E-state index in [0.717, 1.165) is 15.6 Å². The van der Waals surface area contributed by atoms with Crippen LogP contribution in [0, 0.1) is 6.92 Å². The summed E-state index contributed by atoms with van der Waals surface area (Å²) in [7, 11) is 0. The standard InChI is InChI=1S/C12H16BrNO2/c1-7(2)14-11(12(15)16)9-4-5-10(13)8(3)6-9/h4-7,11,14H,1-3H3,(H,15,16). The molecule has 0 aliphatic carbocycles. The second-order valence-corrected chi connectivity index (χ2v) is 4.96. The van der Waals surface area contributed by atoms with Gasteiger partial charge >= 0.3 is 5.97 Å². The van der Waals surface area contributed by atoms with Crippen LogP contribution in [0.25, 0.3) is 0 Å². The van der Waals surface area contributed by atoms with Crippen LogP contribution >= 0.6 is 15.9 Å². The number of benzene rings is 1. The summed E-state index contributed by atoms with van der Waals surface area (Å²) >= 11 is 3.40. The number of aliphatic carboxylic acids is 1. The molecule has 1 aromatic rings. The Morgan fingerprint density at radius 1 is 1.44 bits per heavy atom. The van der Waals surface area contributed by atoms with Gasteiger partial charge < -0.3 is 5.11 Å². The highest BCUT2D eigenvalue weighted by atomic mass is 79.9. The molecule has 0 saturated heterocycles. The Kier molecular flexibility index (Phi) is 4.50. The predicted octanol–water partition coefficient (Wildman–Crippen LogP) is 2.88. The fourth-order valence-electron chi connectivity index (χ4n) is 1.49. The molecule has 0 saturated carbocycles. The van der Waals surface area contributed by atoms with Gasteiger partial charge in [0.25, 0.3) is 0 Å². The molecule has 0 bridgehead atoms. The Morgan fingerprint density at radius 2 is 2.06 bits per heavy atom. The molecule has 1 aromatic carbocycles. The molecule has 0 aliphatic rings. The molecule has 0 aromatic heterocycles. The first-order valence-electron chi connectivity index (χ1n) is 5.16. The molecule has 1 rings (SSSR count). The molecule has 1 atom stereocenters. The minimum atomic E-state index is -0.851.